The van der Waals surface area contributed by atoms with Crippen molar-refractivity contribution in [3.63, 3.8) is 0 Å². The first-order valence-electron chi connectivity index (χ1n) is 6.28. The number of ether oxygens (including phenoxy) is 1. The Hall–Kier alpha value is -0.770. The Morgan fingerprint density at radius 1 is 1.38 bits per heavy atom. The number of carbonyl (C=O) groups is 1. The van der Waals surface area contributed by atoms with Crippen molar-refractivity contribution in [2.45, 2.75) is 57.7 Å². The molecule has 2 aliphatic rings. The number of rotatable bonds is 2. The summed E-state index contributed by atoms with van der Waals surface area (Å²) in [5, 5.41) is 0. The maximum atomic E-state index is 11.9. The van der Waals surface area contributed by atoms with E-state index < -0.39 is 0 Å². The maximum absolute atomic E-state index is 11.9. The second-order valence-electron chi connectivity index (χ2n) is 5.49. The lowest BCUT2D eigenvalue weighted by atomic mass is 9.99. The van der Waals surface area contributed by atoms with Crippen LogP contribution >= 0.6 is 0 Å². The first-order valence-corrected chi connectivity index (χ1v) is 6.28. The summed E-state index contributed by atoms with van der Waals surface area (Å²) < 4.78 is 5.31. The first-order chi connectivity index (χ1) is 7.58. The second kappa shape index (κ2) is 4.62. The number of carbonyl (C=O) groups excluding carboxylic acids is 1. The molecule has 92 valence electrons. The van der Waals surface area contributed by atoms with Crippen molar-refractivity contribution in [1.82, 2.24) is 4.90 Å². The van der Waals surface area contributed by atoms with Crippen LogP contribution in [0.25, 0.3) is 0 Å². The zero-order valence-electron chi connectivity index (χ0n) is 10.2. The van der Waals surface area contributed by atoms with Crippen LogP contribution in [0.2, 0.25) is 0 Å². The van der Waals surface area contributed by atoms with Gasteiger partial charge in [0.2, 0.25) is 0 Å². The molecule has 2 atom stereocenters. The van der Waals surface area contributed by atoms with Crippen LogP contribution in [0, 0.1) is 5.92 Å². The number of hydrogen-bond acceptors (Lipinski definition) is 3. The van der Waals surface area contributed by atoms with Crippen molar-refractivity contribution in [2.75, 3.05) is 6.61 Å². The molecule has 2 bridgehead atoms. The number of piperidine rings is 1. The molecule has 0 aromatic rings. The zero-order chi connectivity index (χ0) is 11.7. The number of amides is 1. The van der Waals surface area contributed by atoms with Crippen molar-refractivity contribution in [3.8, 4) is 0 Å². The van der Waals surface area contributed by atoms with Gasteiger partial charge in [0, 0.05) is 18.1 Å². The van der Waals surface area contributed by atoms with E-state index >= 15 is 0 Å². The molecule has 4 nitrogen and oxygen atoms in total. The van der Waals surface area contributed by atoms with E-state index in [2.05, 4.69) is 0 Å². The predicted molar refractivity (Wildman–Crippen MR) is 62.0 cm³/mol. The van der Waals surface area contributed by atoms with Crippen molar-refractivity contribution in [2.24, 2.45) is 11.7 Å². The molecule has 2 rings (SSSR count). The van der Waals surface area contributed by atoms with Gasteiger partial charge in [0.25, 0.3) is 0 Å². The average molecular weight is 226 g/mol. The van der Waals surface area contributed by atoms with E-state index in [-0.39, 0.29) is 12.1 Å². The van der Waals surface area contributed by atoms with E-state index in [1.165, 1.54) is 0 Å². The quantitative estimate of drug-likeness (QED) is 0.780. The molecule has 0 radical (unpaired) electrons. The monoisotopic (exact) mass is 226 g/mol. The highest BCUT2D eigenvalue weighted by Crippen LogP contribution is 2.35. The van der Waals surface area contributed by atoms with Crippen LogP contribution in [0.3, 0.4) is 0 Å². The predicted octanol–water partition coefficient (Wildman–Crippen LogP) is 1.73. The molecule has 0 aromatic carbocycles. The number of hydrogen-bond donors (Lipinski definition) is 1. The van der Waals surface area contributed by atoms with Gasteiger partial charge in [-0.1, -0.05) is 13.8 Å². The van der Waals surface area contributed by atoms with Gasteiger partial charge in [-0.2, -0.15) is 0 Å². The van der Waals surface area contributed by atoms with Gasteiger partial charge in [0.05, 0.1) is 6.61 Å². The minimum Gasteiger partial charge on any atom is -0.449 e. The molecule has 2 aliphatic heterocycles. The van der Waals surface area contributed by atoms with Gasteiger partial charge in [-0.15, -0.1) is 0 Å². The summed E-state index contributed by atoms with van der Waals surface area (Å²) in [7, 11) is 0. The van der Waals surface area contributed by atoms with E-state index in [4.69, 9.17) is 10.5 Å². The molecular formula is C12H22N2O2. The molecule has 2 saturated heterocycles. The fourth-order valence-electron chi connectivity index (χ4n) is 2.83. The Labute approximate surface area is 97.1 Å². The molecule has 0 aromatic heterocycles. The minimum atomic E-state index is -0.131. The van der Waals surface area contributed by atoms with Crippen LogP contribution in [0.4, 0.5) is 4.79 Å². The van der Waals surface area contributed by atoms with Crippen LogP contribution in [-0.2, 0) is 4.74 Å². The smallest absolute Gasteiger partial charge is 0.410 e. The van der Waals surface area contributed by atoms with Gasteiger partial charge in [-0.3, -0.25) is 0 Å². The van der Waals surface area contributed by atoms with Crippen LogP contribution in [0.15, 0.2) is 0 Å². The van der Waals surface area contributed by atoms with Crippen molar-refractivity contribution < 1.29 is 9.53 Å². The minimum absolute atomic E-state index is 0.131. The van der Waals surface area contributed by atoms with Crippen molar-refractivity contribution in [3.05, 3.63) is 0 Å². The molecule has 0 saturated carbocycles. The summed E-state index contributed by atoms with van der Waals surface area (Å²) in [5.41, 5.74) is 5.96. The van der Waals surface area contributed by atoms with E-state index in [0.29, 0.717) is 24.6 Å². The molecule has 2 N–H and O–H groups in total. The maximum Gasteiger partial charge on any atom is 0.410 e. The largest absolute Gasteiger partial charge is 0.449 e. The lowest BCUT2D eigenvalue weighted by Crippen LogP contribution is -2.50. The van der Waals surface area contributed by atoms with E-state index in [1.54, 1.807) is 0 Å². The third-order valence-corrected chi connectivity index (χ3v) is 3.52. The molecule has 1 amide bonds. The highest BCUT2D eigenvalue weighted by molar-refractivity contribution is 5.69. The number of fused-ring (bicyclic) bond motifs is 2. The fourth-order valence-corrected chi connectivity index (χ4v) is 2.83. The van der Waals surface area contributed by atoms with Gasteiger partial charge in [-0.05, 0) is 31.6 Å². The SMILES string of the molecule is CC(C)COC(=O)N1C2CCC1CC(N)C2. The summed E-state index contributed by atoms with van der Waals surface area (Å²) in [6.45, 7) is 4.61. The summed E-state index contributed by atoms with van der Waals surface area (Å²) >= 11 is 0. The molecule has 16 heavy (non-hydrogen) atoms. The second-order valence-corrected chi connectivity index (χ2v) is 5.49. The summed E-state index contributed by atoms with van der Waals surface area (Å²) in [6, 6.07) is 0.925. The Balaban J connectivity index is 1.92. The average Bonchev–Trinajstić information content (AvgIpc) is 2.48. The molecule has 4 heteroatoms. The summed E-state index contributed by atoms with van der Waals surface area (Å²) in [5.74, 6) is 0.397. The van der Waals surface area contributed by atoms with Crippen LogP contribution in [0.5, 0.6) is 0 Å². The zero-order valence-corrected chi connectivity index (χ0v) is 10.2. The highest BCUT2D eigenvalue weighted by Gasteiger charge is 2.43. The third kappa shape index (κ3) is 2.32. The Morgan fingerprint density at radius 2 is 1.94 bits per heavy atom. The number of nitrogens with zero attached hydrogens (tertiary/aromatic N) is 1. The van der Waals surface area contributed by atoms with Crippen molar-refractivity contribution in [1.29, 1.82) is 0 Å². The molecular weight excluding hydrogens is 204 g/mol. The Kier molecular flexibility index (Phi) is 3.38. The van der Waals surface area contributed by atoms with Gasteiger partial charge in [0.15, 0.2) is 0 Å². The van der Waals surface area contributed by atoms with E-state index in [1.807, 2.05) is 18.7 Å². The first kappa shape index (κ1) is 11.7. The van der Waals surface area contributed by atoms with Crippen LogP contribution in [-0.4, -0.2) is 35.7 Å². The van der Waals surface area contributed by atoms with E-state index in [9.17, 15) is 4.79 Å². The van der Waals surface area contributed by atoms with Gasteiger partial charge in [-0.25, -0.2) is 4.79 Å². The summed E-state index contributed by atoms with van der Waals surface area (Å²) in [6.07, 6.45) is 3.93. The lowest BCUT2D eigenvalue weighted by Gasteiger charge is -2.36. The van der Waals surface area contributed by atoms with E-state index in [0.717, 1.165) is 25.7 Å². The standard InChI is InChI=1S/C12H22N2O2/c1-8(2)7-16-12(15)14-10-3-4-11(14)6-9(13)5-10/h8-11H,3-7,13H2,1-2H3. The topological polar surface area (TPSA) is 55.6 Å². The van der Waals surface area contributed by atoms with Gasteiger partial charge >= 0.3 is 6.09 Å². The number of nitrogens with two attached hydrogens (primary N) is 1. The Bertz CT molecular complexity index is 254. The van der Waals surface area contributed by atoms with Crippen molar-refractivity contribution >= 4 is 6.09 Å². The highest BCUT2D eigenvalue weighted by atomic mass is 16.6. The van der Waals surface area contributed by atoms with Gasteiger partial charge in [0.1, 0.15) is 0 Å². The van der Waals surface area contributed by atoms with Crippen LogP contribution in [0.1, 0.15) is 39.5 Å². The van der Waals surface area contributed by atoms with Gasteiger partial charge < -0.3 is 15.4 Å². The molecule has 2 unspecified atom stereocenters. The molecule has 2 heterocycles. The molecule has 0 spiro atoms. The summed E-state index contributed by atoms with van der Waals surface area (Å²) in [4.78, 5) is 13.9. The normalized spacial score (nSPS) is 33.2. The third-order valence-electron chi connectivity index (χ3n) is 3.52. The van der Waals surface area contributed by atoms with Crippen LogP contribution < -0.4 is 5.73 Å². The fraction of sp³-hybridized carbons (Fsp3) is 0.917. The molecule has 0 aliphatic carbocycles. The lowest BCUT2D eigenvalue weighted by molar-refractivity contribution is 0.0591. The Morgan fingerprint density at radius 3 is 2.44 bits per heavy atom. The molecule has 2 fully saturated rings.